The van der Waals surface area contributed by atoms with Crippen molar-refractivity contribution in [1.29, 1.82) is 0 Å². The van der Waals surface area contributed by atoms with Gasteiger partial charge in [-0.1, -0.05) is 64.7 Å². The SMILES string of the molecule is CCCCCCCCCCCCN(CCO)C(C)=O. The molecule has 1 amide bonds. The van der Waals surface area contributed by atoms with Gasteiger partial charge in [-0.2, -0.15) is 0 Å². The molecule has 19 heavy (non-hydrogen) atoms. The lowest BCUT2D eigenvalue weighted by atomic mass is 10.1. The number of amides is 1. The molecule has 0 aromatic rings. The third-order valence-electron chi connectivity index (χ3n) is 3.60. The van der Waals surface area contributed by atoms with Crippen LogP contribution in [0.25, 0.3) is 0 Å². The molecular weight excluding hydrogens is 238 g/mol. The van der Waals surface area contributed by atoms with Gasteiger partial charge in [0.2, 0.25) is 5.91 Å². The van der Waals surface area contributed by atoms with Gasteiger partial charge < -0.3 is 10.0 Å². The predicted molar refractivity (Wildman–Crippen MR) is 81.2 cm³/mol. The number of aliphatic hydroxyl groups excluding tert-OH is 1. The zero-order valence-corrected chi connectivity index (χ0v) is 13.0. The topological polar surface area (TPSA) is 40.5 Å². The Hall–Kier alpha value is -0.570. The van der Waals surface area contributed by atoms with E-state index in [1.54, 1.807) is 11.8 Å². The smallest absolute Gasteiger partial charge is 0.219 e. The minimum atomic E-state index is 0.0668. The molecule has 0 saturated heterocycles. The highest BCUT2D eigenvalue weighted by Crippen LogP contribution is 2.10. The number of nitrogens with zero attached hydrogens (tertiary/aromatic N) is 1. The van der Waals surface area contributed by atoms with E-state index < -0.39 is 0 Å². The molecule has 0 spiro atoms. The van der Waals surface area contributed by atoms with Crippen molar-refractivity contribution in [2.75, 3.05) is 19.7 Å². The van der Waals surface area contributed by atoms with Crippen LogP contribution in [0.4, 0.5) is 0 Å². The molecule has 0 aliphatic carbocycles. The molecule has 0 atom stereocenters. The summed E-state index contributed by atoms with van der Waals surface area (Å²) in [5.74, 6) is 0.0741. The molecule has 0 aromatic carbocycles. The number of aliphatic hydroxyl groups is 1. The van der Waals surface area contributed by atoms with Crippen molar-refractivity contribution in [3.63, 3.8) is 0 Å². The normalized spacial score (nSPS) is 10.7. The fraction of sp³-hybridized carbons (Fsp3) is 0.938. The Morgan fingerprint density at radius 3 is 1.74 bits per heavy atom. The molecule has 0 aliphatic heterocycles. The lowest BCUT2D eigenvalue weighted by molar-refractivity contribution is -0.129. The molecule has 0 unspecified atom stereocenters. The highest BCUT2D eigenvalue weighted by atomic mass is 16.3. The number of hydrogen-bond acceptors (Lipinski definition) is 2. The van der Waals surface area contributed by atoms with E-state index in [1.165, 1.54) is 57.8 Å². The second kappa shape index (κ2) is 13.9. The average Bonchev–Trinajstić information content (AvgIpc) is 2.39. The van der Waals surface area contributed by atoms with Gasteiger partial charge in [0, 0.05) is 20.0 Å². The van der Waals surface area contributed by atoms with E-state index in [4.69, 9.17) is 5.11 Å². The summed E-state index contributed by atoms with van der Waals surface area (Å²) in [7, 11) is 0. The monoisotopic (exact) mass is 271 g/mol. The second-order valence-corrected chi connectivity index (χ2v) is 5.41. The van der Waals surface area contributed by atoms with Gasteiger partial charge in [-0.05, 0) is 6.42 Å². The van der Waals surface area contributed by atoms with Crippen molar-refractivity contribution >= 4 is 5.91 Å². The maximum absolute atomic E-state index is 11.2. The first-order chi connectivity index (χ1) is 9.22. The molecule has 0 saturated carbocycles. The molecule has 0 bridgehead atoms. The van der Waals surface area contributed by atoms with Crippen LogP contribution in [0.2, 0.25) is 0 Å². The quantitative estimate of drug-likeness (QED) is 0.518. The van der Waals surface area contributed by atoms with E-state index in [0.29, 0.717) is 6.54 Å². The molecule has 0 rings (SSSR count). The van der Waals surface area contributed by atoms with Crippen molar-refractivity contribution < 1.29 is 9.90 Å². The van der Waals surface area contributed by atoms with Gasteiger partial charge in [0.1, 0.15) is 0 Å². The van der Waals surface area contributed by atoms with Crippen LogP contribution in [0, 0.1) is 0 Å². The van der Waals surface area contributed by atoms with E-state index in [-0.39, 0.29) is 12.5 Å². The molecule has 0 aliphatic rings. The van der Waals surface area contributed by atoms with Crippen LogP contribution < -0.4 is 0 Å². The Bertz CT molecular complexity index is 207. The summed E-state index contributed by atoms with van der Waals surface area (Å²) in [6.45, 7) is 5.17. The van der Waals surface area contributed by atoms with Crippen molar-refractivity contribution in [2.24, 2.45) is 0 Å². The maximum atomic E-state index is 11.2. The minimum Gasteiger partial charge on any atom is -0.395 e. The summed E-state index contributed by atoms with van der Waals surface area (Å²) >= 11 is 0. The summed E-state index contributed by atoms with van der Waals surface area (Å²) in [6, 6.07) is 0. The summed E-state index contributed by atoms with van der Waals surface area (Å²) in [5.41, 5.74) is 0. The van der Waals surface area contributed by atoms with Gasteiger partial charge >= 0.3 is 0 Å². The van der Waals surface area contributed by atoms with Crippen LogP contribution in [0.3, 0.4) is 0 Å². The predicted octanol–water partition coefficient (Wildman–Crippen LogP) is 3.75. The Balaban J connectivity index is 3.27. The molecule has 3 heteroatoms. The summed E-state index contributed by atoms with van der Waals surface area (Å²) in [6.07, 6.45) is 13.1. The highest BCUT2D eigenvalue weighted by Gasteiger charge is 2.06. The molecule has 1 N–H and O–H groups in total. The fourth-order valence-electron chi connectivity index (χ4n) is 2.34. The number of carbonyl (C=O) groups excluding carboxylic acids is 1. The standard InChI is InChI=1S/C16H33NO2/c1-3-4-5-6-7-8-9-10-11-12-13-17(14-15-18)16(2)19/h18H,3-15H2,1-2H3. The van der Waals surface area contributed by atoms with E-state index in [0.717, 1.165) is 13.0 Å². The fourth-order valence-corrected chi connectivity index (χ4v) is 2.34. The van der Waals surface area contributed by atoms with Crippen molar-refractivity contribution in [3.8, 4) is 0 Å². The first kappa shape index (κ1) is 18.4. The molecule has 0 radical (unpaired) electrons. The summed E-state index contributed by atoms with van der Waals surface area (Å²) in [4.78, 5) is 13.0. The van der Waals surface area contributed by atoms with E-state index in [1.807, 2.05) is 0 Å². The van der Waals surface area contributed by atoms with Gasteiger partial charge in [-0.25, -0.2) is 0 Å². The van der Waals surface area contributed by atoms with Crippen LogP contribution in [0.5, 0.6) is 0 Å². The lowest BCUT2D eigenvalue weighted by Crippen LogP contribution is -2.32. The first-order valence-electron chi connectivity index (χ1n) is 8.08. The third-order valence-corrected chi connectivity index (χ3v) is 3.60. The zero-order valence-electron chi connectivity index (χ0n) is 13.0. The van der Waals surface area contributed by atoms with Gasteiger partial charge in [0.05, 0.1) is 6.61 Å². The molecular formula is C16H33NO2. The van der Waals surface area contributed by atoms with E-state index in [9.17, 15) is 4.79 Å². The van der Waals surface area contributed by atoms with Gasteiger partial charge in [0.25, 0.3) is 0 Å². The second-order valence-electron chi connectivity index (χ2n) is 5.41. The van der Waals surface area contributed by atoms with Crippen molar-refractivity contribution in [1.82, 2.24) is 4.90 Å². The summed E-state index contributed by atoms with van der Waals surface area (Å²) in [5, 5.41) is 8.85. The number of rotatable bonds is 13. The third kappa shape index (κ3) is 12.2. The van der Waals surface area contributed by atoms with Crippen molar-refractivity contribution in [2.45, 2.75) is 78.1 Å². The average molecular weight is 271 g/mol. The maximum Gasteiger partial charge on any atom is 0.219 e. The Labute approximate surface area is 119 Å². The molecule has 114 valence electrons. The minimum absolute atomic E-state index is 0.0668. The van der Waals surface area contributed by atoms with Crippen LogP contribution in [0.15, 0.2) is 0 Å². The largest absolute Gasteiger partial charge is 0.395 e. The molecule has 0 fully saturated rings. The van der Waals surface area contributed by atoms with Crippen LogP contribution in [-0.4, -0.2) is 35.6 Å². The Morgan fingerprint density at radius 2 is 1.32 bits per heavy atom. The summed E-state index contributed by atoms with van der Waals surface area (Å²) < 4.78 is 0. The molecule has 3 nitrogen and oxygen atoms in total. The zero-order chi connectivity index (χ0) is 14.3. The van der Waals surface area contributed by atoms with E-state index >= 15 is 0 Å². The van der Waals surface area contributed by atoms with E-state index in [2.05, 4.69) is 6.92 Å². The van der Waals surface area contributed by atoms with Gasteiger partial charge in [-0.3, -0.25) is 4.79 Å². The van der Waals surface area contributed by atoms with Crippen molar-refractivity contribution in [3.05, 3.63) is 0 Å². The van der Waals surface area contributed by atoms with Gasteiger partial charge in [0.15, 0.2) is 0 Å². The van der Waals surface area contributed by atoms with Crippen LogP contribution in [-0.2, 0) is 4.79 Å². The molecule has 0 heterocycles. The number of carbonyl (C=O) groups is 1. The Morgan fingerprint density at radius 1 is 0.842 bits per heavy atom. The first-order valence-corrected chi connectivity index (χ1v) is 8.08. The molecule has 0 aromatic heterocycles. The lowest BCUT2D eigenvalue weighted by Gasteiger charge is -2.19. The number of hydrogen-bond donors (Lipinski definition) is 1. The van der Waals surface area contributed by atoms with Crippen LogP contribution in [0.1, 0.15) is 78.1 Å². The Kier molecular flexibility index (Phi) is 13.4. The van der Waals surface area contributed by atoms with Crippen LogP contribution >= 0.6 is 0 Å². The number of unbranched alkanes of at least 4 members (excludes halogenated alkanes) is 9. The highest BCUT2D eigenvalue weighted by molar-refractivity contribution is 5.73. The van der Waals surface area contributed by atoms with Gasteiger partial charge in [-0.15, -0.1) is 0 Å².